The third kappa shape index (κ3) is 7.99. The molecule has 1 aromatic rings. The summed E-state index contributed by atoms with van der Waals surface area (Å²) in [5.41, 5.74) is 0.0352. The average molecular weight is 492 g/mol. The van der Waals surface area contributed by atoms with Gasteiger partial charge in [0.25, 0.3) is 10.1 Å². The average Bonchev–Trinajstić information content (AvgIpc) is 3.40. The molecule has 186 valence electrons. The summed E-state index contributed by atoms with van der Waals surface area (Å²) in [5, 5.41) is 0. The Kier molecular flexibility index (Phi) is 7.73. The fraction of sp³-hybridized carbons (Fsp3) is 0.682. The first-order valence-electron chi connectivity index (χ1n) is 10.9. The van der Waals surface area contributed by atoms with Crippen LogP contribution in [0.2, 0.25) is 0 Å². The van der Waals surface area contributed by atoms with Crippen molar-refractivity contribution in [3.05, 3.63) is 23.8 Å². The van der Waals surface area contributed by atoms with E-state index in [0.717, 1.165) is 24.7 Å². The summed E-state index contributed by atoms with van der Waals surface area (Å²) in [7, 11) is -3.70. The molecule has 1 amide bonds. The van der Waals surface area contributed by atoms with Gasteiger partial charge in [0.2, 0.25) is 0 Å². The van der Waals surface area contributed by atoms with Crippen LogP contribution in [0.15, 0.2) is 18.2 Å². The van der Waals surface area contributed by atoms with Crippen LogP contribution in [-0.4, -0.2) is 63.7 Å². The third-order valence-electron chi connectivity index (χ3n) is 5.34. The molecule has 1 saturated carbocycles. The highest BCUT2D eigenvalue weighted by Gasteiger charge is 2.39. The second-order valence-corrected chi connectivity index (χ2v) is 11.2. The Morgan fingerprint density at radius 3 is 2.45 bits per heavy atom. The van der Waals surface area contributed by atoms with Crippen LogP contribution in [0.4, 0.5) is 13.6 Å². The van der Waals surface area contributed by atoms with E-state index in [9.17, 15) is 22.0 Å². The van der Waals surface area contributed by atoms with Gasteiger partial charge in [-0.3, -0.25) is 4.18 Å². The van der Waals surface area contributed by atoms with E-state index in [-0.39, 0.29) is 30.6 Å². The van der Waals surface area contributed by atoms with Crippen LogP contribution in [0.25, 0.3) is 0 Å². The van der Waals surface area contributed by atoms with Gasteiger partial charge < -0.3 is 19.1 Å². The lowest BCUT2D eigenvalue weighted by Gasteiger charge is -2.28. The number of ether oxygens (including phenoxy) is 3. The first-order chi connectivity index (χ1) is 15.3. The van der Waals surface area contributed by atoms with Gasteiger partial charge in [0.15, 0.2) is 11.5 Å². The summed E-state index contributed by atoms with van der Waals surface area (Å²) >= 11 is 0. The van der Waals surface area contributed by atoms with Gasteiger partial charge >= 0.3 is 12.7 Å². The molecule has 2 aliphatic rings. The number of likely N-dealkylation sites (tertiary alicyclic amines) is 1. The minimum Gasteiger partial charge on any atom is -0.489 e. The van der Waals surface area contributed by atoms with Crippen molar-refractivity contribution >= 4 is 16.2 Å². The van der Waals surface area contributed by atoms with E-state index in [0.29, 0.717) is 18.9 Å². The van der Waals surface area contributed by atoms with Gasteiger partial charge in [-0.05, 0) is 63.6 Å². The van der Waals surface area contributed by atoms with E-state index in [4.69, 9.17) is 13.7 Å². The molecule has 0 unspecified atom stereocenters. The fourth-order valence-electron chi connectivity index (χ4n) is 3.64. The lowest BCUT2D eigenvalue weighted by Crippen LogP contribution is -2.42. The Balaban J connectivity index is 1.81. The van der Waals surface area contributed by atoms with Crippen LogP contribution < -0.4 is 9.47 Å². The number of amides is 1. The Labute approximate surface area is 193 Å². The zero-order chi connectivity index (χ0) is 24.4. The number of carbonyl (C=O) groups is 1. The SMILES string of the molecule is CC(C)(C)OC(=O)N1C[C@H](c2ccc(OC(F)F)c(OCC3CC3)c2)C[C@@H]1COS(C)(=O)=O. The van der Waals surface area contributed by atoms with Crippen molar-refractivity contribution in [2.24, 2.45) is 5.92 Å². The lowest BCUT2D eigenvalue weighted by molar-refractivity contribution is -0.0515. The lowest BCUT2D eigenvalue weighted by atomic mass is 9.96. The first-order valence-corrected chi connectivity index (χ1v) is 12.7. The van der Waals surface area contributed by atoms with Crippen LogP contribution in [0.1, 0.15) is 51.5 Å². The van der Waals surface area contributed by atoms with E-state index in [2.05, 4.69) is 4.74 Å². The molecule has 0 aromatic heterocycles. The highest BCUT2D eigenvalue weighted by Crippen LogP contribution is 2.39. The molecular formula is C22H31F2NO7S. The summed E-state index contributed by atoms with van der Waals surface area (Å²) in [6.07, 6.45) is 2.87. The van der Waals surface area contributed by atoms with Gasteiger partial charge in [-0.2, -0.15) is 17.2 Å². The van der Waals surface area contributed by atoms with Crippen LogP contribution in [0.3, 0.4) is 0 Å². The maximum Gasteiger partial charge on any atom is 0.410 e. The van der Waals surface area contributed by atoms with Crippen molar-refractivity contribution in [3.63, 3.8) is 0 Å². The van der Waals surface area contributed by atoms with E-state index in [1.54, 1.807) is 32.9 Å². The zero-order valence-electron chi connectivity index (χ0n) is 19.3. The molecule has 2 fully saturated rings. The maximum atomic E-state index is 12.8. The van der Waals surface area contributed by atoms with Gasteiger partial charge in [0.1, 0.15) is 5.60 Å². The number of nitrogens with zero attached hydrogens (tertiary/aromatic N) is 1. The number of benzene rings is 1. The van der Waals surface area contributed by atoms with E-state index in [1.807, 2.05) is 0 Å². The van der Waals surface area contributed by atoms with Crippen molar-refractivity contribution < 1.29 is 40.4 Å². The fourth-order valence-corrected chi connectivity index (χ4v) is 4.04. The Hall–Kier alpha value is -2.14. The van der Waals surface area contributed by atoms with Gasteiger partial charge in [0.05, 0.1) is 25.5 Å². The molecule has 0 spiro atoms. The molecule has 0 radical (unpaired) electrons. The highest BCUT2D eigenvalue weighted by atomic mass is 32.2. The zero-order valence-corrected chi connectivity index (χ0v) is 20.1. The molecule has 1 aliphatic carbocycles. The third-order valence-corrected chi connectivity index (χ3v) is 5.91. The van der Waals surface area contributed by atoms with Crippen molar-refractivity contribution in [3.8, 4) is 11.5 Å². The van der Waals surface area contributed by atoms with E-state index < -0.39 is 34.5 Å². The van der Waals surface area contributed by atoms with E-state index >= 15 is 0 Å². The van der Waals surface area contributed by atoms with Crippen molar-refractivity contribution in [2.75, 3.05) is 26.0 Å². The molecule has 0 bridgehead atoms. The quantitative estimate of drug-likeness (QED) is 0.479. The number of hydrogen-bond donors (Lipinski definition) is 0. The summed E-state index contributed by atoms with van der Waals surface area (Å²) in [6.45, 7) is 2.72. The Morgan fingerprint density at radius 2 is 1.88 bits per heavy atom. The molecule has 8 nitrogen and oxygen atoms in total. The van der Waals surface area contributed by atoms with Crippen LogP contribution >= 0.6 is 0 Å². The molecule has 3 rings (SSSR count). The van der Waals surface area contributed by atoms with Crippen LogP contribution in [0.5, 0.6) is 11.5 Å². The predicted molar refractivity (Wildman–Crippen MR) is 116 cm³/mol. The van der Waals surface area contributed by atoms with Crippen molar-refractivity contribution in [1.29, 1.82) is 0 Å². The van der Waals surface area contributed by atoms with Gasteiger partial charge in [-0.25, -0.2) is 4.79 Å². The topological polar surface area (TPSA) is 91.4 Å². The minimum absolute atomic E-state index is 0.0478. The monoisotopic (exact) mass is 491 g/mol. The standard InChI is InChI=1S/C22H31F2NO7S/c1-22(2,3)32-21(26)25-11-16(9-17(25)13-30-33(4,27)28)15-7-8-18(31-20(23)24)19(10-15)29-12-14-5-6-14/h7-8,10,14,16-17,20H,5-6,9,11-13H2,1-4H3/t16-,17-/m1/s1. The normalized spacial score (nSPS) is 21.4. The summed E-state index contributed by atoms with van der Waals surface area (Å²) in [5.74, 6) is 0.391. The molecular weight excluding hydrogens is 460 g/mol. The van der Waals surface area contributed by atoms with Crippen molar-refractivity contribution in [1.82, 2.24) is 4.90 Å². The second kappa shape index (κ2) is 10.0. The molecule has 1 heterocycles. The highest BCUT2D eigenvalue weighted by molar-refractivity contribution is 7.85. The molecule has 11 heteroatoms. The largest absolute Gasteiger partial charge is 0.489 e. The summed E-state index contributed by atoms with van der Waals surface area (Å²) in [6, 6.07) is 4.20. The Morgan fingerprint density at radius 1 is 1.18 bits per heavy atom. The first kappa shape index (κ1) is 25.5. The molecule has 1 aromatic carbocycles. The van der Waals surface area contributed by atoms with Crippen LogP contribution in [-0.2, 0) is 19.0 Å². The molecule has 33 heavy (non-hydrogen) atoms. The minimum atomic E-state index is -3.70. The second-order valence-electron chi connectivity index (χ2n) is 9.55. The number of hydrogen-bond acceptors (Lipinski definition) is 7. The van der Waals surface area contributed by atoms with Crippen molar-refractivity contribution in [2.45, 2.75) is 64.2 Å². The maximum absolute atomic E-state index is 12.8. The molecule has 1 saturated heterocycles. The number of halogens is 2. The molecule has 1 aliphatic heterocycles. The van der Waals surface area contributed by atoms with Gasteiger partial charge in [-0.15, -0.1) is 0 Å². The summed E-state index contributed by atoms with van der Waals surface area (Å²) in [4.78, 5) is 14.2. The predicted octanol–water partition coefficient (Wildman–Crippen LogP) is 4.15. The Bertz CT molecular complexity index is 945. The number of alkyl halides is 2. The van der Waals surface area contributed by atoms with Crippen LogP contribution in [0, 0.1) is 5.92 Å². The number of rotatable bonds is 9. The van der Waals surface area contributed by atoms with Gasteiger partial charge in [-0.1, -0.05) is 6.07 Å². The van der Waals surface area contributed by atoms with E-state index in [1.165, 1.54) is 11.0 Å². The number of carbonyl (C=O) groups excluding carboxylic acids is 1. The molecule has 2 atom stereocenters. The van der Waals surface area contributed by atoms with Gasteiger partial charge in [0, 0.05) is 12.5 Å². The molecule has 0 N–H and O–H groups in total. The summed E-state index contributed by atoms with van der Waals surface area (Å²) < 4.78 is 69.4. The smallest absolute Gasteiger partial charge is 0.410 e.